The van der Waals surface area contributed by atoms with Crippen molar-refractivity contribution in [3.63, 3.8) is 0 Å². The second-order valence-electron chi connectivity index (χ2n) is 4.15. The Labute approximate surface area is 113 Å². The summed E-state index contributed by atoms with van der Waals surface area (Å²) in [6.45, 7) is 6.12. The number of hydrogen-bond donors (Lipinski definition) is 1. The van der Waals surface area contributed by atoms with Crippen LogP contribution in [-0.4, -0.2) is 31.7 Å². The quantitative estimate of drug-likeness (QED) is 0.670. The molecule has 0 saturated heterocycles. The molecule has 0 aromatic heterocycles. The van der Waals surface area contributed by atoms with Crippen LogP contribution in [0.4, 0.5) is 0 Å². The third-order valence-electron chi connectivity index (χ3n) is 2.21. The molecule has 0 saturated carbocycles. The zero-order valence-corrected chi connectivity index (χ0v) is 11.8. The number of aliphatic imine (C=N–C) groups is 1. The highest BCUT2D eigenvalue weighted by Gasteiger charge is 2.10. The molecule has 0 atom stereocenters. The van der Waals surface area contributed by atoms with Gasteiger partial charge in [-0.15, -0.1) is 0 Å². The number of carbonyl (C=O) groups excluding carboxylic acids is 1. The molecular formula is C14H20N2O3. The number of benzene rings is 1. The molecule has 0 spiro atoms. The number of rotatable bonds is 4. The lowest BCUT2D eigenvalue weighted by atomic mass is 10.2. The van der Waals surface area contributed by atoms with Gasteiger partial charge in [0.1, 0.15) is 5.75 Å². The molecule has 1 N–H and O–H groups in total. The highest BCUT2D eigenvalue weighted by Crippen LogP contribution is 2.12. The fourth-order valence-electron chi connectivity index (χ4n) is 1.41. The SMILES string of the molecule is CCOC(=NC(C)C)NC(=O)c1cccc(OC)c1. The van der Waals surface area contributed by atoms with Gasteiger partial charge in [0.05, 0.1) is 13.7 Å². The predicted molar refractivity (Wildman–Crippen MR) is 74.7 cm³/mol. The van der Waals surface area contributed by atoms with E-state index in [1.165, 1.54) is 0 Å². The number of nitrogens with one attached hydrogen (secondary N) is 1. The number of hydrogen-bond acceptors (Lipinski definition) is 4. The molecule has 0 heterocycles. The Morgan fingerprint density at radius 2 is 2.16 bits per heavy atom. The van der Waals surface area contributed by atoms with Crippen molar-refractivity contribution in [1.82, 2.24) is 5.32 Å². The molecule has 0 unspecified atom stereocenters. The Morgan fingerprint density at radius 1 is 1.42 bits per heavy atom. The molecule has 0 fully saturated rings. The normalized spacial score (nSPS) is 11.3. The number of carbonyl (C=O) groups is 1. The van der Waals surface area contributed by atoms with Gasteiger partial charge in [0.2, 0.25) is 0 Å². The van der Waals surface area contributed by atoms with Crippen LogP contribution < -0.4 is 10.1 Å². The largest absolute Gasteiger partial charge is 0.497 e. The zero-order chi connectivity index (χ0) is 14.3. The van der Waals surface area contributed by atoms with Crippen LogP contribution in [0.3, 0.4) is 0 Å². The van der Waals surface area contributed by atoms with Gasteiger partial charge in [-0.25, -0.2) is 4.99 Å². The minimum absolute atomic E-state index is 0.0483. The molecule has 1 aromatic rings. The van der Waals surface area contributed by atoms with Crippen LogP contribution in [0.2, 0.25) is 0 Å². The van der Waals surface area contributed by atoms with Crippen molar-refractivity contribution < 1.29 is 14.3 Å². The molecule has 0 aliphatic heterocycles. The second-order valence-corrected chi connectivity index (χ2v) is 4.15. The summed E-state index contributed by atoms with van der Waals surface area (Å²) in [4.78, 5) is 16.3. The Morgan fingerprint density at radius 3 is 2.74 bits per heavy atom. The molecule has 0 aliphatic carbocycles. The lowest BCUT2D eigenvalue weighted by Crippen LogP contribution is -2.33. The number of nitrogens with zero attached hydrogens (tertiary/aromatic N) is 1. The van der Waals surface area contributed by atoms with Crippen LogP contribution >= 0.6 is 0 Å². The third kappa shape index (κ3) is 4.99. The zero-order valence-electron chi connectivity index (χ0n) is 11.8. The topological polar surface area (TPSA) is 59.9 Å². The van der Waals surface area contributed by atoms with Crippen LogP contribution in [0, 0.1) is 0 Å². The first-order valence-corrected chi connectivity index (χ1v) is 6.22. The maximum Gasteiger partial charge on any atom is 0.291 e. The summed E-state index contributed by atoms with van der Waals surface area (Å²) < 4.78 is 10.4. The standard InChI is InChI=1S/C14H20N2O3/c1-5-19-14(15-10(2)3)16-13(17)11-7-6-8-12(9-11)18-4/h6-10H,5H2,1-4H3,(H,15,16,17). The lowest BCUT2D eigenvalue weighted by molar-refractivity contribution is 0.0965. The number of amides is 1. The minimum Gasteiger partial charge on any atom is -0.497 e. The number of amidine groups is 1. The van der Waals surface area contributed by atoms with E-state index >= 15 is 0 Å². The molecule has 5 heteroatoms. The maximum absolute atomic E-state index is 12.1. The highest BCUT2D eigenvalue weighted by atomic mass is 16.5. The van der Waals surface area contributed by atoms with E-state index in [2.05, 4.69) is 10.3 Å². The molecule has 1 amide bonds. The van der Waals surface area contributed by atoms with Gasteiger partial charge in [0.25, 0.3) is 11.9 Å². The Kier molecular flexibility index (Phi) is 5.85. The number of ether oxygens (including phenoxy) is 2. The van der Waals surface area contributed by atoms with E-state index in [0.717, 1.165) is 0 Å². The van der Waals surface area contributed by atoms with Crippen molar-refractivity contribution in [2.75, 3.05) is 13.7 Å². The molecule has 0 radical (unpaired) electrons. The van der Waals surface area contributed by atoms with E-state index in [1.54, 1.807) is 31.4 Å². The molecule has 19 heavy (non-hydrogen) atoms. The molecule has 1 rings (SSSR count). The van der Waals surface area contributed by atoms with E-state index < -0.39 is 0 Å². The van der Waals surface area contributed by atoms with Crippen LogP contribution in [0.15, 0.2) is 29.3 Å². The van der Waals surface area contributed by atoms with Crippen LogP contribution in [-0.2, 0) is 4.74 Å². The van der Waals surface area contributed by atoms with Gasteiger partial charge in [-0.3, -0.25) is 10.1 Å². The van der Waals surface area contributed by atoms with Crippen LogP contribution in [0.5, 0.6) is 5.75 Å². The van der Waals surface area contributed by atoms with Gasteiger partial charge in [-0.1, -0.05) is 6.07 Å². The fraction of sp³-hybridized carbons (Fsp3) is 0.429. The first-order chi connectivity index (χ1) is 9.06. The summed E-state index contributed by atoms with van der Waals surface area (Å²) in [5, 5.41) is 2.65. The highest BCUT2D eigenvalue weighted by molar-refractivity contribution is 6.04. The third-order valence-corrected chi connectivity index (χ3v) is 2.21. The Hall–Kier alpha value is -2.04. The van der Waals surface area contributed by atoms with Gasteiger partial charge in [0.15, 0.2) is 0 Å². The first kappa shape index (κ1) is 15.0. The molecular weight excluding hydrogens is 244 g/mol. The van der Waals surface area contributed by atoms with E-state index in [1.807, 2.05) is 20.8 Å². The summed E-state index contributed by atoms with van der Waals surface area (Å²) in [5.41, 5.74) is 0.496. The summed E-state index contributed by atoms with van der Waals surface area (Å²) in [7, 11) is 1.56. The first-order valence-electron chi connectivity index (χ1n) is 6.22. The molecule has 104 valence electrons. The van der Waals surface area contributed by atoms with E-state index in [0.29, 0.717) is 17.9 Å². The summed E-state index contributed by atoms with van der Waals surface area (Å²) >= 11 is 0. The van der Waals surface area contributed by atoms with Crippen molar-refractivity contribution in [1.29, 1.82) is 0 Å². The van der Waals surface area contributed by atoms with E-state index in [-0.39, 0.29) is 18.0 Å². The average Bonchev–Trinajstić information content (AvgIpc) is 2.38. The second kappa shape index (κ2) is 7.41. The van der Waals surface area contributed by atoms with Gasteiger partial charge in [-0.05, 0) is 39.0 Å². The Balaban J connectivity index is 2.81. The summed E-state index contributed by atoms with van der Waals surface area (Å²) in [6, 6.07) is 7.19. The van der Waals surface area contributed by atoms with Gasteiger partial charge >= 0.3 is 0 Å². The van der Waals surface area contributed by atoms with Gasteiger partial charge < -0.3 is 9.47 Å². The van der Waals surface area contributed by atoms with Crippen molar-refractivity contribution in [3.8, 4) is 5.75 Å². The average molecular weight is 264 g/mol. The predicted octanol–water partition coefficient (Wildman–Crippen LogP) is 2.23. The number of methoxy groups -OCH3 is 1. The fourth-order valence-corrected chi connectivity index (χ4v) is 1.41. The van der Waals surface area contributed by atoms with Crippen LogP contribution in [0.1, 0.15) is 31.1 Å². The molecule has 1 aromatic carbocycles. The molecule has 5 nitrogen and oxygen atoms in total. The molecule has 0 bridgehead atoms. The maximum atomic E-state index is 12.1. The van der Waals surface area contributed by atoms with Crippen molar-refractivity contribution >= 4 is 11.9 Å². The Bertz CT molecular complexity index is 456. The van der Waals surface area contributed by atoms with Crippen molar-refractivity contribution in [2.24, 2.45) is 4.99 Å². The van der Waals surface area contributed by atoms with E-state index in [9.17, 15) is 4.79 Å². The van der Waals surface area contributed by atoms with Gasteiger partial charge in [-0.2, -0.15) is 0 Å². The summed E-state index contributed by atoms with van der Waals surface area (Å²) in [5.74, 6) is 0.359. The van der Waals surface area contributed by atoms with E-state index in [4.69, 9.17) is 9.47 Å². The monoisotopic (exact) mass is 264 g/mol. The van der Waals surface area contributed by atoms with Gasteiger partial charge in [0, 0.05) is 11.6 Å². The minimum atomic E-state index is -0.272. The van der Waals surface area contributed by atoms with Crippen LogP contribution in [0.25, 0.3) is 0 Å². The molecule has 0 aliphatic rings. The van der Waals surface area contributed by atoms with Crippen molar-refractivity contribution in [3.05, 3.63) is 29.8 Å². The summed E-state index contributed by atoms with van der Waals surface area (Å²) in [6.07, 6.45) is 0. The lowest BCUT2D eigenvalue weighted by Gasteiger charge is -2.10. The van der Waals surface area contributed by atoms with Crippen molar-refractivity contribution in [2.45, 2.75) is 26.8 Å². The smallest absolute Gasteiger partial charge is 0.291 e.